The first-order chi connectivity index (χ1) is 12.7. The maximum atomic E-state index is 12.5. The number of hydrogen-bond donors (Lipinski definition) is 2. The number of benzene rings is 2. The second kappa shape index (κ2) is 7.06. The molecular formula is C22H27N3O2. The molecule has 2 amide bonds. The highest BCUT2D eigenvalue weighted by Gasteiger charge is 2.25. The summed E-state index contributed by atoms with van der Waals surface area (Å²) in [6, 6.07) is 13.6. The Morgan fingerprint density at radius 3 is 2.37 bits per heavy atom. The summed E-state index contributed by atoms with van der Waals surface area (Å²) < 4.78 is 2.27. The van der Waals surface area contributed by atoms with Crippen LogP contribution in [0.25, 0.3) is 21.8 Å². The lowest BCUT2D eigenvalue weighted by Crippen LogP contribution is -2.46. The summed E-state index contributed by atoms with van der Waals surface area (Å²) in [6.45, 7) is 10.2. The summed E-state index contributed by atoms with van der Waals surface area (Å²) in [5.74, 6) is -0.377. The third kappa shape index (κ3) is 3.68. The molecule has 0 fully saturated rings. The number of nitrogens with one attached hydrogen (secondary N) is 2. The molecule has 0 radical (unpaired) electrons. The third-order valence-electron chi connectivity index (χ3n) is 4.78. The number of nitrogens with zero attached hydrogens (tertiary/aromatic N) is 1. The molecule has 0 aliphatic carbocycles. The minimum absolute atomic E-state index is 0.147. The molecule has 1 aromatic heterocycles. The van der Waals surface area contributed by atoms with Crippen LogP contribution in [0.5, 0.6) is 0 Å². The van der Waals surface area contributed by atoms with Gasteiger partial charge in [0.1, 0.15) is 6.04 Å². The van der Waals surface area contributed by atoms with Gasteiger partial charge in [-0.05, 0) is 38.1 Å². The second-order valence-electron chi connectivity index (χ2n) is 7.93. The average Bonchev–Trinajstić information content (AvgIpc) is 2.94. The van der Waals surface area contributed by atoms with E-state index in [4.69, 9.17) is 0 Å². The Hall–Kier alpha value is -2.82. The van der Waals surface area contributed by atoms with Crippen molar-refractivity contribution in [3.05, 3.63) is 42.5 Å². The molecule has 0 saturated carbocycles. The number of aryl methyl sites for hydroxylation is 1. The molecular weight excluding hydrogens is 338 g/mol. The zero-order chi connectivity index (χ0) is 19.8. The molecule has 0 spiro atoms. The van der Waals surface area contributed by atoms with Crippen molar-refractivity contribution >= 4 is 39.3 Å². The average molecular weight is 365 g/mol. The van der Waals surface area contributed by atoms with Crippen LogP contribution in [0.15, 0.2) is 42.5 Å². The number of carbonyl (C=O) groups excluding carboxylic acids is 2. The van der Waals surface area contributed by atoms with Crippen LogP contribution in [-0.4, -0.2) is 22.4 Å². The standard InChI is InChI=1S/C22H27N3O2/c1-6-25-18-10-8-7-9-16(18)17-13-15(11-12-19(17)25)24-20(26)14(2)23-21(27)22(3,4)5/h7-14H,6H2,1-5H3,(H,23,27)(H,24,26). The number of para-hydroxylation sites is 1. The summed E-state index contributed by atoms with van der Waals surface area (Å²) in [5, 5.41) is 7.96. The van der Waals surface area contributed by atoms with E-state index in [1.165, 1.54) is 10.9 Å². The number of aromatic nitrogens is 1. The minimum atomic E-state index is -0.607. The maximum Gasteiger partial charge on any atom is 0.246 e. The van der Waals surface area contributed by atoms with E-state index < -0.39 is 11.5 Å². The Kier molecular flexibility index (Phi) is 4.96. The molecule has 2 aromatic carbocycles. The van der Waals surface area contributed by atoms with Crippen LogP contribution in [0.3, 0.4) is 0 Å². The fourth-order valence-electron chi connectivity index (χ4n) is 3.20. The number of fused-ring (bicyclic) bond motifs is 3. The SMILES string of the molecule is CCn1c2ccccc2c2cc(NC(=O)C(C)NC(=O)C(C)(C)C)ccc21. The van der Waals surface area contributed by atoms with Crippen molar-refractivity contribution in [1.82, 2.24) is 9.88 Å². The first-order valence-electron chi connectivity index (χ1n) is 9.35. The van der Waals surface area contributed by atoms with Gasteiger partial charge in [0, 0.05) is 39.5 Å². The third-order valence-corrected chi connectivity index (χ3v) is 4.78. The van der Waals surface area contributed by atoms with E-state index in [9.17, 15) is 9.59 Å². The number of carbonyl (C=O) groups is 2. The fourth-order valence-corrected chi connectivity index (χ4v) is 3.20. The van der Waals surface area contributed by atoms with Crippen LogP contribution >= 0.6 is 0 Å². The lowest BCUT2D eigenvalue weighted by molar-refractivity contribution is -0.131. The topological polar surface area (TPSA) is 63.1 Å². The fraction of sp³-hybridized carbons (Fsp3) is 0.364. The summed E-state index contributed by atoms with van der Waals surface area (Å²) in [5.41, 5.74) is 2.52. The number of rotatable bonds is 4. The smallest absolute Gasteiger partial charge is 0.246 e. The van der Waals surface area contributed by atoms with Crippen LogP contribution in [0.4, 0.5) is 5.69 Å². The molecule has 5 heteroatoms. The Labute approximate surface area is 159 Å². The van der Waals surface area contributed by atoms with Crippen molar-refractivity contribution in [3.63, 3.8) is 0 Å². The van der Waals surface area contributed by atoms with Gasteiger partial charge in [-0.1, -0.05) is 39.0 Å². The normalized spacial score (nSPS) is 12.9. The van der Waals surface area contributed by atoms with Gasteiger partial charge in [-0.2, -0.15) is 0 Å². The number of hydrogen-bond acceptors (Lipinski definition) is 2. The molecule has 0 aliphatic rings. The monoisotopic (exact) mass is 365 g/mol. The van der Waals surface area contributed by atoms with Crippen molar-refractivity contribution < 1.29 is 9.59 Å². The lowest BCUT2D eigenvalue weighted by Gasteiger charge is -2.21. The molecule has 27 heavy (non-hydrogen) atoms. The van der Waals surface area contributed by atoms with E-state index >= 15 is 0 Å². The predicted octanol–water partition coefficient (Wildman–Crippen LogP) is 4.30. The Balaban J connectivity index is 1.87. The predicted molar refractivity (Wildman–Crippen MR) is 111 cm³/mol. The molecule has 0 aliphatic heterocycles. The van der Waals surface area contributed by atoms with Crippen LogP contribution in [0.2, 0.25) is 0 Å². The van der Waals surface area contributed by atoms with Gasteiger partial charge in [0.05, 0.1) is 0 Å². The van der Waals surface area contributed by atoms with Gasteiger partial charge in [0.25, 0.3) is 0 Å². The number of amides is 2. The molecule has 2 N–H and O–H groups in total. The minimum Gasteiger partial charge on any atom is -0.344 e. The van der Waals surface area contributed by atoms with Crippen LogP contribution in [-0.2, 0) is 16.1 Å². The Bertz CT molecular complexity index is 1010. The maximum absolute atomic E-state index is 12.5. The zero-order valence-corrected chi connectivity index (χ0v) is 16.6. The molecule has 3 aromatic rings. The van der Waals surface area contributed by atoms with Gasteiger partial charge in [-0.25, -0.2) is 0 Å². The highest BCUT2D eigenvalue weighted by molar-refractivity contribution is 6.10. The molecule has 1 atom stereocenters. The summed E-state index contributed by atoms with van der Waals surface area (Å²) >= 11 is 0. The lowest BCUT2D eigenvalue weighted by atomic mass is 9.95. The summed E-state index contributed by atoms with van der Waals surface area (Å²) in [4.78, 5) is 24.6. The largest absolute Gasteiger partial charge is 0.344 e. The molecule has 0 bridgehead atoms. The van der Waals surface area contributed by atoms with Crippen LogP contribution in [0.1, 0.15) is 34.6 Å². The highest BCUT2D eigenvalue weighted by atomic mass is 16.2. The first kappa shape index (κ1) is 19.0. The van der Waals surface area contributed by atoms with Gasteiger partial charge in [-0.3, -0.25) is 9.59 Å². The van der Waals surface area contributed by atoms with Gasteiger partial charge in [0.2, 0.25) is 11.8 Å². The van der Waals surface area contributed by atoms with Crippen molar-refractivity contribution in [1.29, 1.82) is 0 Å². The van der Waals surface area contributed by atoms with Gasteiger partial charge in [-0.15, -0.1) is 0 Å². The molecule has 3 rings (SSSR count). The summed E-state index contributed by atoms with van der Waals surface area (Å²) in [6.07, 6.45) is 0. The van der Waals surface area contributed by atoms with Crippen LogP contribution < -0.4 is 10.6 Å². The molecule has 5 nitrogen and oxygen atoms in total. The van der Waals surface area contributed by atoms with Gasteiger partial charge in [0.15, 0.2) is 0 Å². The molecule has 0 saturated heterocycles. The van der Waals surface area contributed by atoms with Crippen LogP contribution in [0, 0.1) is 5.41 Å². The quantitative estimate of drug-likeness (QED) is 0.724. The molecule has 1 heterocycles. The van der Waals surface area contributed by atoms with E-state index in [0.29, 0.717) is 0 Å². The van der Waals surface area contributed by atoms with Crippen molar-refractivity contribution in [2.24, 2.45) is 5.41 Å². The van der Waals surface area contributed by atoms with Crippen molar-refractivity contribution in [2.75, 3.05) is 5.32 Å². The number of anilines is 1. The second-order valence-corrected chi connectivity index (χ2v) is 7.93. The molecule has 142 valence electrons. The van der Waals surface area contributed by atoms with E-state index in [2.05, 4.69) is 34.3 Å². The highest BCUT2D eigenvalue weighted by Crippen LogP contribution is 2.31. The van der Waals surface area contributed by atoms with E-state index in [1.807, 2.05) is 51.1 Å². The zero-order valence-electron chi connectivity index (χ0n) is 16.6. The first-order valence-corrected chi connectivity index (χ1v) is 9.35. The van der Waals surface area contributed by atoms with E-state index in [-0.39, 0.29) is 11.8 Å². The van der Waals surface area contributed by atoms with Gasteiger partial charge < -0.3 is 15.2 Å². The molecule has 1 unspecified atom stereocenters. The Morgan fingerprint density at radius 2 is 1.70 bits per heavy atom. The van der Waals surface area contributed by atoms with Crippen molar-refractivity contribution in [3.8, 4) is 0 Å². The Morgan fingerprint density at radius 1 is 1.04 bits per heavy atom. The van der Waals surface area contributed by atoms with Gasteiger partial charge >= 0.3 is 0 Å². The summed E-state index contributed by atoms with van der Waals surface area (Å²) in [7, 11) is 0. The van der Waals surface area contributed by atoms with E-state index in [1.54, 1.807) is 6.92 Å². The van der Waals surface area contributed by atoms with Crippen molar-refractivity contribution in [2.45, 2.75) is 47.2 Å². The van der Waals surface area contributed by atoms with E-state index in [0.717, 1.165) is 23.1 Å².